The van der Waals surface area contributed by atoms with E-state index in [4.69, 9.17) is 4.74 Å². The second-order valence-corrected chi connectivity index (χ2v) is 8.30. The van der Waals surface area contributed by atoms with E-state index in [-0.39, 0.29) is 11.8 Å². The van der Waals surface area contributed by atoms with Crippen LogP contribution in [0.15, 0.2) is 91.1 Å². The minimum atomic E-state index is 0.0690. The summed E-state index contributed by atoms with van der Waals surface area (Å²) < 4.78 is 5.91. The summed E-state index contributed by atoms with van der Waals surface area (Å²) in [5.41, 5.74) is 5.03. The van der Waals surface area contributed by atoms with Gasteiger partial charge in [0.1, 0.15) is 0 Å². The fraction of sp³-hybridized carbons (Fsp3) is 0.214. The molecule has 1 amide bonds. The van der Waals surface area contributed by atoms with Crippen molar-refractivity contribution in [2.24, 2.45) is 5.92 Å². The van der Waals surface area contributed by atoms with Crippen LogP contribution in [-0.2, 0) is 11.2 Å². The number of aromatic nitrogens is 1. The van der Waals surface area contributed by atoms with E-state index in [1.165, 1.54) is 10.9 Å². The predicted molar refractivity (Wildman–Crippen MR) is 128 cm³/mol. The highest BCUT2D eigenvalue weighted by Crippen LogP contribution is 2.26. The standard InChI is InChI=1S/C28H26N2O2/c31-28(26-12-5-4-11-24(26)22-8-2-1-3-9-22)30-16-17-32-20-21(19-30)18-23-10-6-14-27-25(23)13-7-15-29-27/h1-15,21H,16-20H2. The third kappa shape index (κ3) is 4.27. The summed E-state index contributed by atoms with van der Waals surface area (Å²) in [7, 11) is 0. The number of carbonyl (C=O) groups is 1. The molecule has 0 aliphatic carbocycles. The number of pyridine rings is 1. The van der Waals surface area contributed by atoms with Crippen molar-refractivity contribution >= 4 is 16.8 Å². The van der Waals surface area contributed by atoms with E-state index in [1.54, 1.807) is 0 Å². The number of fused-ring (bicyclic) bond motifs is 1. The smallest absolute Gasteiger partial charge is 0.254 e. The Hall–Kier alpha value is -3.50. The molecule has 0 saturated carbocycles. The van der Waals surface area contributed by atoms with Crippen LogP contribution in [0.4, 0.5) is 0 Å². The van der Waals surface area contributed by atoms with Crippen LogP contribution < -0.4 is 0 Å². The van der Waals surface area contributed by atoms with Gasteiger partial charge < -0.3 is 9.64 Å². The van der Waals surface area contributed by atoms with Crippen LogP contribution in [0.25, 0.3) is 22.0 Å². The predicted octanol–water partition coefficient (Wildman–Crippen LogP) is 5.23. The molecule has 32 heavy (non-hydrogen) atoms. The molecule has 1 fully saturated rings. The second kappa shape index (κ2) is 9.33. The molecule has 160 valence electrons. The first-order valence-corrected chi connectivity index (χ1v) is 11.1. The van der Waals surface area contributed by atoms with Crippen molar-refractivity contribution in [3.05, 3.63) is 102 Å². The molecule has 3 aromatic carbocycles. The summed E-state index contributed by atoms with van der Waals surface area (Å²) in [6.45, 7) is 2.50. The average Bonchev–Trinajstić information content (AvgIpc) is 3.10. The monoisotopic (exact) mass is 422 g/mol. The molecule has 5 rings (SSSR count). The number of hydrogen-bond acceptors (Lipinski definition) is 3. The van der Waals surface area contributed by atoms with Crippen LogP contribution in [0.3, 0.4) is 0 Å². The SMILES string of the molecule is O=C(c1ccccc1-c1ccccc1)N1CCOCC(Cc2cccc3ncccc23)C1. The first kappa shape index (κ1) is 20.4. The van der Waals surface area contributed by atoms with E-state index in [9.17, 15) is 4.79 Å². The van der Waals surface area contributed by atoms with Gasteiger partial charge in [0.25, 0.3) is 5.91 Å². The second-order valence-electron chi connectivity index (χ2n) is 8.30. The third-order valence-corrected chi connectivity index (χ3v) is 6.11. The van der Waals surface area contributed by atoms with Crippen LogP contribution in [0.5, 0.6) is 0 Å². The first-order chi connectivity index (χ1) is 15.8. The van der Waals surface area contributed by atoms with Gasteiger partial charge in [0.15, 0.2) is 0 Å². The van der Waals surface area contributed by atoms with Crippen molar-refractivity contribution in [2.45, 2.75) is 6.42 Å². The Balaban J connectivity index is 1.40. The normalized spacial score (nSPS) is 16.6. The van der Waals surface area contributed by atoms with E-state index in [0.29, 0.717) is 26.3 Å². The van der Waals surface area contributed by atoms with Gasteiger partial charge in [-0.15, -0.1) is 0 Å². The molecule has 4 aromatic rings. The summed E-state index contributed by atoms with van der Waals surface area (Å²) in [5, 5.41) is 1.17. The lowest BCUT2D eigenvalue weighted by Crippen LogP contribution is -2.36. The molecule has 1 aromatic heterocycles. The van der Waals surface area contributed by atoms with Crippen LogP contribution in [0.1, 0.15) is 15.9 Å². The van der Waals surface area contributed by atoms with Gasteiger partial charge in [-0.3, -0.25) is 9.78 Å². The zero-order valence-corrected chi connectivity index (χ0v) is 18.0. The van der Waals surface area contributed by atoms with Crippen LogP contribution in [0, 0.1) is 5.92 Å². The minimum Gasteiger partial charge on any atom is -0.379 e. The van der Waals surface area contributed by atoms with Gasteiger partial charge in [-0.1, -0.05) is 66.7 Å². The summed E-state index contributed by atoms with van der Waals surface area (Å²) in [6.07, 6.45) is 2.68. The van der Waals surface area contributed by atoms with E-state index >= 15 is 0 Å². The zero-order valence-electron chi connectivity index (χ0n) is 18.0. The van der Waals surface area contributed by atoms with Crippen molar-refractivity contribution in [1.82, 2.24) is 9.88 Å². The highest BCUT2D eigenvalue weighted by atomic mass is 16.5. The Kier molecular flexibility index (Phi) is 5.95. The summed E-state index contributed by atoms with van der Waals surface area (Å²) in [5.74, 6) is 0.302. The topological polar surface area (TPSA) is 42.4 Å². The summed E-state index contributed by atoms with van der Waals surface area (Å²) in [4.78, 5) is 20.1. The molecule has 1 saturated heterocycles. The first-order valence-electron chi connectivity index (χ1n) is 11.1. The number of amides is 1. The minimum absolute atomic E-state index is 0.0690. The Morgan fingerprint density at radius 1 is 0.938 bits per heavy atom. The van der Waals surface area contributed by atoms with Crippen molar-refractivity contribution in [3.8, 4) is 11.1 Å². The van der Waals surface area contributed by atoms with Crippen molar-refractivity contribution in [3.63, 3.8) is 0 Å². The number of ether oxygens (including phenoxy) is 1. The zero-order chi connectivity index (χ0) is 21.8. The lowest BCUT2D eigenvalue weighted by Gasteiger charge is -2.25. The number of benzene rings is 3. The highest BCUT2D eigenvalue weighted by molar-refractivity contribution is 6.01. The molecule has 0 spiro atoms. The molecular formula is C28H26N2O2. The molecular weight excluding hydrogens is 396 g/mol. The molecule has 1 atom stereocenters. The number of nitrogens with zero attached hydrogens (tertiary/aromatic N) is 2. The maximum absolute atomic E-state index is 13.6. The molecule has 2 heterocycles. The van der Waals surface area contributed by atoms with Gasteiger partial charge >= 0.3 is 0 Å². The molecule has 1 aliphatic rings. The lowest BCUT2D eigenvalue weighted by atomic mass is 9.95. The summed E-state index contributed by atoms with van der Waals surface area (Å²) in [6, 6.07) is 28.3. The Labute approximate surface area is 188 Å². The van der Waals surface area contributed by atoms with E-state index in [1.807, 2.05) is 65.7 Å². The van der Waals surface area contributed by atoms with E-state index < -0.39 is 0 Å². The highest BCUT2D eigenvalue weighted by Gasteiger charge is 2.25. The van der Waals surface area contributed by atoms with Crippen molar-refractivity contribution in [1.29, 1.82) is 0 Å². The number of rotatable bonds is 4. The van der Waals surface area contributed by atoms with Crippen LogP contribution in [0.2, 0.25) is 0 Å². The van der Waals surface area contributed by atoms with Gasteiger partial charge in [-0.25, -0.2) is 0 Å². The van der Waals surface area contributed by atoms with E-state index in [0.717, 1.165) is 28.6 Å². The van der Waals surface area contributed by atoms with Gasteiger partial charge in [-0.05, 0) is 41.3 Å². The number of carbonyl (C=O) groups excluding carboxylic acids is 1. The Morgan fingerprint density at radius 3 is 2.69 bits per heavy atom. The fourth-order valence-corrected chi connectivity index (χ4v) is 4.55. The van der Waals surface area contributed by atoms with Crippen LogP contribution >= 0.6 is 0 Å². The van der Waals surface area contributed by atoms with Gasteiger partial charge in [0.2, 0.25) is 0 Å². The Morgan fingerprint density at radius 2 is 1.78 bits per heavy atom. The molecule has 0 radical (unpaired) electrons. The molecule has 0 N–H and O–H groups in total. The molecule has 1 unspecified atom stereocenters. The summed E-state index contributed by atoms with van der Waals surface area (Å²) >= 11 is 0. The molecule has 1 aliphatic heterocycles. The average molecular weight is 423 g/mol. The van der Waals surface area contributed by atoms with Gasteiger partial charge in [0, 0.05) is 36.2 Å². The largest absolute Gasteiger partial charge is 0.379 e. The lowest BCUT2D eigenvalue weighted by molar-refractivity contribution is 0.0738. The molecule has 0 bridgehead atoms. The maximum atomic E-state index is 13.6. The number of hydrogen-bond donors (Lipinski definition) is 0. The van der Waals surface area contributed by atoms with Gasteiger partial charge in [-0.2, -0.15) is 0 Å². The fourth-order valence-electron chi connectivity index (χ4n) is 4.55. The van der Waals surface area contributed by atoms with E-state index in [2.05, 4.69) is 35.3 Å². The van der Waals surface area contributed by atoms with Crippen molar-refractivity contribution < 1.29 is 9.53 Å². The maximum Gasteiger partial charge on any atom is 0.254 e. The molecule has 4 heteroatoms. The van der Waals surface area contributed by atoms with Gasteiger partial charge in [0.05, 0.1) is 18.7 Å². The third-order valence-electron chi connectivity index (χ3n) is 6.11. The van der Waals surface area contributed by atoms with Crippen molar-refractivity contribution in [2.75, 3.05) is 26.3 Å². The Bertz CT molecular complexity index is 1220. The molecule has 4 nitrogen and oxygen atoms in total. The van der Waals surface area contributed by atoms with Crippen LogP contribution in [-0.4, -0.2) is 42.1 Å². The quantitative estimate of drug-likeness (QED) is 0.452.